The Hall–Kier alpha value is -1.19. The highest BCUT2D eigenvalue weighted by Gasteiger charge is 2.36. The van der Waals surface area contributed by atoms with Crippen molar-refractivity contribution in [3.8, 4) is 0 Å². The third-order valence-corrected chi connectivity index (χ3v) is 10.4. The van der Waals surface area contributed by atoms with Crippen molar-refractivity contribution in [1.82, 2.24) is 0 Å². The summed E-state index contributed by atoms with van der Waals surface area (Å²) in [6, 6.07) is 8.31. The van der Waals surface area contributed by atoms with E-state index in [0.29, 0.717) is 6.61 Å². The van der Waals surface area contributed by atoms with Gasteiger partial charge in [0, 0.05) is 5.92 Å². The Bertz CT molecular complexity index is 611. The molecular weight excluding hydrogens is 348 g/mol. The van der Waals surface area contributed by atoms with E-state index in [1.807, 2.05) is 12.1 Å². The number of hydrogen-bond acceptors (Lipinski definition) is 2. The smallest absolute Gasteiger partial charge is 0.192 e. The van der Waals surface area contributed by atoms with Crippen molar-refractivity contribution < 1.29 is 9.22 Å². The van der Waals surface area contributed by atoms with Crippen LogP contribution in [-0.4, -0.2) is 20.7 Å². The zero-order chi connectivity index (χ0) is 20.5. The van der Waals surface area contributed by atoms with Crippen LogP contribution in [0.25, 0.3) is 6.08 Å². The quantitative estimate of drug-likeness (QED) is 0.292. The summed E-state index contributed by atoms with van der Waals surface area (Å²) in [6.07, 6.45) is 9.97. The molecule has 27 heavy (non-hydrogen) atoms. The highest BCUT2D eigenvalue weighted by Crippen LogP contribution is 2.36. The largest absolute Gasteiger partial charge is 0.413 e. The molecule has 0 aliphatic heterocycles. The van der Waals surface area contributed by atoms with Crippen LogP contribution >= 0.6 is 0 Å². The first-order chi connectivity index (χ1) is 12.6. The zero-order valence-electron chi connectivity index (χ0n) is 18.6. The Morgan fingerprint density at radius 1 is 1.15 bits per heavy atom. The Morgan fingerprint density at radius 2 is 1.81 bits per heavy atom. The third-order valence-electron chi connectivity index (χ3n) is 5.85. The number of Topliss-reactive ketones (excluding diaryl/α,β-unsaturated/α-hetero) is 1. The van der Waals surface area contributed by atoms with Gasteiger partial charge in [0.2, 0.25) is 0 Å². The molecule has 0 amide bonds. The monoisotopic (exact) mass is 388 g/mol. The molecule has 1 atom stereocenters. The van der Waals surface area contributed by atoms with Gasteiger partial charge in [0.05, 0.1) is 6.61 Å². The predicted octanol–water partition coefficient (Wildman–Crippen LogP) is 7.36. The van der Waals surface area contributed by atoms with Gasteiger partial charge in [-0.1, -0.05) is 89.8 Å². The molecule has 0 fully saturated rings. The van der Waals surface area contributed by atoms with Gasteiger partial charge < -0.3 is 4.43 Å². The summed E-state index contributed by atoms with van der Waals surface area (Å²) in [6.45, 7) is 15.9. The van der Waals surface area contributed by atoms with Crippen LogP contribution in [0, 0.1) is 0 Å². The molecule has 0 saturated heterocycles. The van der Waals surface area contributed by atoms with E-state index in [9.17, 15) is 4.79 Å². The molecule has 0 aliphatic carbocycles. The Labute approximate surface area is 168 Å². The first-order valence-corrected chi connectivity index (χ1v) is 13.4. The minimum atomic E-state index is -1.73. The number of carbonyl (C=O) groups is 1. The van der Waals surface area contributed by atoms with Crippen LogP contribution in [0.1, 0.15) is 83.8 Å². The van der Waals surface area contributed by atoms with E-state index < -0.39 is 8.32 Å². The molecule has 1 unspecified atom stereocenters. The zero-order valence-corrected chi connectivity index (χ0v) is 19.6. The van der Waals surface area contributed by atoms with Crippen LogP contribution in [0.15, 0.2) is 30.3 Å². The molecule has 0 aromatic heterocycles. The average Bonchev–Trinajstić information content (AvgIpc) is 2.58. The lowest BCUT2D eigenvalue weighted by atomic mass is 9.87. The SMILES string of the molecule is CCCCCCC(C(C)=O)c1ccccc1/C=C/CO[Si](C)(C)C(C)(C)C. The minimum absolute atomic E-state index is 0.00372. The molecule has 3 heteroatoms. The van der Waals surface area contributed by atoms with Crippen molar-refractivity contribution in [1.29, 1.82) is 0 Å². The molecule has 0 N–H and O–H groups in total. The summed E-state index contributed by atoms with van der Waals surface area (Å²) >= 11 is 0. The topological polar surface area (TPSA) is 26.3 Å². The van der Waals surface area contributed by atoms with Crippen molar-refractivity contribution >= 4 is 20.2 Å². The lowest BCUT2D eigenvalue weighted by Crippen LogP contribution is -2.40. The van der Waals surface area contributed by atoms with Gasteiger partial charge in [-0.25, -0.2) is 0 Å². The number of rotatable bonds is 11. The molecular formula is C24H40O2Si. The molecule has 0 spiro atoms. The van der Waals surface area contributed by atoms with Gasteiger partial charge in [0.15, 0.2) is 8.32 Å². The van der Waals surface area contributed by atoms with Gasteiger partial charge >= 0.3 is 0 Å². The third kappa shape index (κ3) is 7.75. The van der Waals surface area contributed by atoms with Crippen molar-refractivity contribution in [2.24, 2.45) is 0 Å². The van der Waals surface area contributed by atoms with Crippen LogP contribution in [0.2, 0.25) is 18.1 Å². The maximum absolute atomic E-state index is 12.3. The average molecular weight is 389 g/mol. The molecule has 0 aliphatic rings. The van der Waals surface area contributed by atoms with Gasteiger partial charge in [-0.2, -0.15) is 0 Å². The number of benzene rings is 1. The molecule has 0 bridgehead atoms. The van der Waals surface area contributed by atoms with E-state index in [4.69, 9.17) is 4.43 Å². The van der Waals surface area contributed by atoms with Crippen molar-refractivity contribution in [3.05, 3.63) is 41.5 Å². The van der Waals surface area contributed by atoms with E-state index in [0.717, 1.165) is 24.0 Å². The van der Waals surface area contributed by atoms with Crippen LogP contribution in [0.4, 0.5) is 0 Å². The predicted molar refractivity (Wildman–Crippen MR) is 121 cm³/mol. The van der Waals surface area contributed by atoms with Crippen molar-refractivity contribution in [2.45, 2.75) is 90.8 Å². The van der Waals surface area contributed by atoms with Crippen molar-refractivity contribution in [3.63, 3.8) is 0 Å². The minimum Gasteiger partial charge on any atom is -0.413 e. The molecule has 0 heterocycles. The number of carbonyl (C=O) groups excluding carboxylic acids is 1. The molecule has 1 aromatic rings. The first-order valence-electron chi connectivity index (χ1n) is 10.5. The highest BCUT2D eigenvalue weighted by molar-refractivity contribution is 6.74. The van der Waals surface area contributed by atoms with Crippen LogP contribution < -0.4 is 0 Å². The Morgan fingerprint density at radius 3 is 2.41 bits per heavy atom. The normalized spacial score (nSPS) is 13.9. The lowest BCUT2D eigenvalue weighted by molar-refractivity contribution is -0.118. The van der Waals surface area contributed by atoms with E-state index in [1.165, 1.54) is 19.3 Å². The number of ketones is 1. The maximum Gasteiger partial charge on any atom is 0.192 e. The lowest BCUT2D eigenvalue weighted by Gasteiger charge is -2.35. The van der Waals surface area contributed by atoms with E-state index in [2.05, 4.69) is 65.1 Å². The maximum atomic E-state index is 12.3. The molecule has 152 valence electrons. The molecule has 2 nitrogen and oxygen atoms in total. The molecule has 1 aromatic carbocycles. The fourth-order valence-corrected chi connectivity index (χ4v) is 3.93. The van der Waals surface area contributed by atoms with Gasteiger partial charge in [0.25, 0.3) is 0 Å². The fourth-order valence-electron chi connectivity index (χ4n) is 2.98. The summed E-state index contributed by atoms with van der Waals surface area (Å²) < 4.78 is 6.24. The molecule has 1 rings (SSSR count). The second kappa shape index (κ2) is 11.0. The number of hydrogen-bond donors (Lipinski definition) is 0. The standard InChI is InChI=1S/C24H40O2Si/c1-8-9-10-11-17-22(20(2)25)23-18-13-12-15-21(23)16-14-19-26-27(6,7)24(3,4)5/h12-16,18,22H,8-11,17,19H2,1-7H3/b16-14+. The summed E-state index contributed by atoms with van der Waals surface area (Å²) in [5.41, 5.74) is 2.30. The second-order valence-corrected chi connectivity index (χ2v) is 13.9. The summed E-state index contributed by atoms with van der Waals surface area (Å²) in [5.74, 6) is 0.272. The van der Waals surface area contributed by atoms with E-state index in [-0.39, 0.29) is 16.7 Å². The second-order valence-electron chi connectivity index (χ2n) is 9.12. The van der Waals surface area contributed by atoms with Gasteiger partial charge in [-0.3, -0.25) is 4.79 Å². The van der Waals surface area contributed by atoms with Crippen LogP contribution in [-0.2, 0) is 9.22 Å². The summed E-state index contributed by atoms with van der Waals surface area (Å²) in [5, 5.41) is 0.219. The van der Waals surface area contributed by atoms with Gasteiger partial charge in [0.1, 0.15) is 5.78 Å². The van der Waals surface area contributed by atoms with Crippen LogP contribution in [0.5, 0.6) is 0 Å². The van der Waals surface area contributed by atoms with Gasteiger partial charge in [-0.05, 0) is 42.6 Å². The first kappa shape index (κ1) is 23.8. The van der Waals surface area contributed by atoms with E-state index >= 15 is 0 Å². The summed E-state index contributed by atoms with van der Waals surface area (Å²) in [4.78, 5) is 12.3. The van der Waals surface area contributed by atoms with Gasteiger partial charge in [-0.15, -0.1) is 0 Å². The summed E-state index contributed by atoms with van der Waals surface area (Å²) in [7, 11) is -1.73. The Balaban J connectivity index is 2.83. The molecule has 0 saturated carbocycles. The highest BCUT2D eigenvalue weighted by atomic mass is 28.4. The number of unbranched alkanes of at least 4 members (excludes halogenated alkanes) is 3. The molecule has 0 radical (unpaired) electrons. The fraction of sp³-hybridized carbons (Fsp3) is 0.625. The Kier molecular flexibility index (Phi) is 9.68. The van der Waals surface area contributed by atoms with E-state index in [1.54, 1.807) is 6.92 Å². The van der Waals surface area contributed by atoms with Crippen LogP contribution in [0.3, 0.4) is 0 Å². The van der Waals surface area contributed by atoms with Crippen molar-refractivity contribution in [2.75, 3.05) is 6.61 Å².